The molecule has 18 heavy (non-hydrogen) atoms. The van der Waals surface area contributed by atoms with E-state index in [0.717, 1.165) is 0 Å². The second kappa shape index (κ2) is 5.44. The smallest absolute Gasteiger partial charge is 0.390 e. The first-order chi connectivity index (χ1) is 8.28. The van der Waals surface area contributed by atoms with Crippen LogP contribution in [0.3, 0.4) is 0 Å². The minimum Gasteiger partial charge on any atom is -0.390 e. The van der Waals surface area contributed by atoms with Gasteiger partial charge < -0.3 is 15.6 Å². The van der Waals surface area contributed by atoms with Gasteiger partial charge in [0.1, 0.15) is 0 Å². The first kappa shape index (κ1) is 14.6. The summed E-state index contributed by atoms with van der Waals surface area (Å²) >= 11 is 0. The van der Waals surface area contributed by atoms with Crippen LogP contribution in [-0.4, -0.2) is 16.5 Å². The molecule has 3 N–H and O–H groups in total. The standard InChI is InChI=1S/C9H9F5N2O2/c10-8(11)7-4(2-15)1-6(16-5(7)3-17)18-9(12,13)14/h1,8,17H,2-3,15H2. The third kappa shape index (κ3) is 3.50. The molecule has 1 aromatic rings. The number of hydrogen-bond acceptors (Lipinski definition) is 4. The zero-order chi connectivity index (χ0) is 13.9. The molecule has 1 aromatic heterocycles. The van der Waals surface area contributed by atoms with Crippen molar-refractivity contribution in [3.8, 4) is 5.88 Å². The maximum atomic E-state index is 12.7. The minimum atomic E-state index is -5.00. The Bertz CT molecular complexity index is 397. The maximum absolute atomic E-state index is 12.7. The van der Waals surface area contributed by atoms with Gasteiger partial charge in [-0.1, -0.05) is 0 Å². The van der Waals surface area contributed by atoms with Crippen molar-refractivity contribution in [2.75, 3.05) is 0 Å². The van der Waals surface area contributed by atoms with Gasteiger partial charge in [0, 0.05) is 18.2 Å². The quantitative estimate of drug-likeness (QED) is 0.821. The number of nitrogens with zero attached hydrogens (tertiary/aromatic N) is 1. The van der Waals surface area contributed by atoms with Crippen LogP contribution in [0.25, 0.3) is 0 Å². The molecule has 0 aliphatic heterocycles. The lowest BCUT2D eigenvalue weighted by Crippen LogP contribution is -2.19. The molecule has 0 spiro atoms. The van der Waals surface area contributed by atoms with Crippen LogP contribution in [0.1, 0.15) is 23.2 Å². The zero-order valence-corrected chi connectivity index (χ0v) is 8.84. The molecular weight excluding hydrogens is 263 g/mol. The largest absolute Gasteiger partial charge is 0.574 e. The summed E-state index contributed by atoms with van der Waals surface area (Å²) in [6.45, 7) is -1.37. The highest BCUT2D eigenvalue weighted by Crippen LogP contribution is 2.30. The third-order valence-corrected chi connectivity index (χ3v) is 2.01. The van der Waals surface area contributed by atoms with E-state index in [2.05, 4.69) is 9.72 Å². The van der Waals surface area contributed by atoms with Gasteiger partial charge in [0.05, 0.1) is 12.3 Å². The van der Waals surface area contributed by atoms with Crippen molar-refractivity contribution in [1.82, 2.24) is 4.98 Å². The van der Waals surface area contributed by atoms with Gasteiger partial charge in [-0.25, -0.2) is 13.8 Å². The molecule has 0 radical (unpaired) electrons. The Balaban J connectivity index is 3.26. The summed E-state index contributed by atoms with van der Waals surface area (Å²) < 4.78 is 64.7. The number of pyridine rings is 1. The minimum absolute atomic E-state index is 0.261. The summed E-state index contributed by atoms with van der Waals surface area (Å²) in [6, 6.07) is 0.675. The number of rotatable bonds is 4. The predicted octanol–water partition coefficient (Wildman–Crippen LogP) is 1.87. The Morgan fingerprint density at radius 2 is 2.00 bits per heavy atom. The molecule has 0 amide bonds. The molecule has 1 heterocycles. The van der Waals surface area contributed by atoms with Crippen LogP contribution in [0, 0.1) is 0 Å². The second-order valence-corrected chi connectivity index (χ2v) is 3.19. The summed E-state index contributed by atoms with van der Waals surface area (Å²) in [7, 11) is 0. The lowest BCUT2D eigenvalue weighted by molar-refractivity contribution is -0.276. The van der Waals surface area contributed by atoms with E-state index in [4.69, 9.17) is 10.8 Å². The number of hydrogen-bond donors (Lipinski definition) is 2. The number of nitrogens with two attached hydrogens (primary N) is 1. The second-order valence-electron chi connectivity index (χ2n) is 3.19. The molecule has 1 rings (SSSR count). The van der Waals surface area contributed by atoms with E-state index >= 15 is 0 Å². The highest BCUT2D eigenvalue weighted by molar-refractivity contribution is 5.36. The van der Waals surface area contributed by atoms with Gasteiger partial charge in [-0.2, -0.15) is 0 Å². The first-order valence-electron chi connectivity index (χ1n) is 4.66. The lowest BCUT2D eigenvalue weighted by Gasteiger charge is -2.14. The van der Waals surface area contributed by atoms with E-state index in [-0.39, 0.29) is 5.56 Å². The normalized spacial score (nSPS) is 12.0. The Morgan fingerprint density at radius 3 is 2.39 bits per heavy atom. The van der Waals surface area contributed by atoms with Crippen molar-refractivity contribution >= 4 is 0 Å². The number of aromatic nitrogens is 1. The monoisotopic (exact) mass is 272 g/mol. The van der Waals surface area contributed by atoms with Crippen molar-refractivity contribution in [2.24, 2.45) is 5.73 Å². The van der Waals surface area contributed by atoms with E-state index in [9.17, 15) is 22.0 Å². The summed E-state index contributed by atoms with van der Waals surface area (Å²) in [6.07, 6.45) is -8.00. The molecule has 9 heteroatoms. The van der Waals surface area contributed by atoms with Crippen molar-refractivity contribution in [3.63, 3.8) is 0 Å². The fourth-order valence-electron chi connectivity index (χ4n) is 1.36. The molecule has 0 aliphatic carbocycles. The van der Waals surface area contributed by atoms with Crippen LogP contribution < -0.4 is 10.5 Å². The van der Waals surface area contributed by atoms with Crippen molar-refractivity contribution in [2.45, 2.75) is 25.9 Å². The summed E-state index contributed by atoms with van der Waals surface area (Å²) in [5.74, 6) is -0.934. The van der Waals surface area contributed by atoms with E-state index in [1.807, 2.05) is 0 Å². The SMILES string of the molecule is NCc1cc(OC(F)(F)F)nc(CO)c1C(F)F. The van der Waals surface area contributed by atoms with Crippen LogP contribution in [0.2, 0.25) is 0 Å². The summed E-state index contributed by atoms with van der Waals surface area (Å²) in [5, 5.41) is 8.84. The molecule has 4 nitrogen and oxygen atoms in total. The van der Waals surface area contributed by atoms with Gasteiger partial charge >= 0.3 is 6.36 Å². The lowest BCUT2D eigenvalue weighted by atomic mass is 10.1. The summed E-state index contributed by atoms with van der Waals surface area (Å²) in [4.78, 5) is 3.18. The van der Waals surface area contributed by atoms with E-state index < -0.39 is 43.1 Å². The van der Waals surface area contributed by atoms with Gasteiger partial charge in [-0.15, -0.1) is 13.2 Å². The third-order valence-electron chi connectivity index (χ3n) is 2.01. The molecule has 0 fully saturated rings. The van der Waals surface area contributed by atoms with Crippen LogP contribution in [0.4, 0.5) is 22.0 Å². The van der Waals surface area contributed by atoms with Crippen molar-refractivity contribution < 1.29 is 31.8 Å². The maximum Gasteiger partial charge on any atom is 0.574 e. The van der Waals surface area contributed by atoms with Crippen LogP contribution >= 0.6 is 0 Å². The Morgan fingerprint density at radius 1 is 1.39 bits per heavy atom. The van der Waals surface area contributed by atoms with Crippen LogP contribution in [0.15, 0.2) is 6.07 Å². The zero-order valence-electron chi connectivity index (χ0n) is 8.84. The molecule has 0 aliphatic rings. The highest BCUT2D eigenvalue weighted by Gasteiger charge is 2.33. The van der Waals surface area contributed by atoms with Crippen molar-refractivity contribution in [3.05, 3.63) is 22.9 Å². The van der Waals surface area contributed by atoms with Gasteiger partial charge in [0.15, 0.2) is 0 Å². The van der Waals surface area contributed by atoms with E-state index in [0.29, 0.717) is 6.07 Å². The summed E-state index contributed by atoms with van der Waals surface area (Å²) in [5.41, 5.74) is 3.64. The average Bonchev–Trinajstić information content (AvgIpc) is 2.24. The Kier molecular flexibility index (Phi) is 4.41. The topological polar surface area (TPSA) is 68.4 Å². The fourth-order valence-corrected chi connectivity index (χ4v) is 1.36. The Hall–Kier alpha value is -1.48. The van der Waals surface area contributed by atoms with Crippen molar-refractivity contribution in [1.29, 1.82) is 0 Å². The fraction of sp³-hybridized carbons (Fsp3) is 0.444. The number of alkyl halides is 5. The molecule has 0 aromatic carbocycles. The number of ether oxygens (including phenoxy) is 1. The molecule has 0 saturated heterocycles. The molecule has 0 bridgehead atoms. The van der Waals surface area contributed by atoms with Crippen LogP contribution in [0.5, 0.6) is 5.88 Å². The first-order valence-corrected chi connectivity index (χ1v) is 4.66. The van der Waals surface area contributed by atoms with Gasteiger partial charge in [-0.3, -0.25) is 0 Å². The van der Waals surface area contributed by atoms with E-state index in [1.54, 1.807) is 0 Å². The number of aliphatic hydroxyl groups excluding tert-OH is 1. The molecule has 0 atom stereocenters. The van der Waals surface area contributed by atoms with Gasteiger partial charge in [0.2, 0.25) is 5.88 Å². The molecule has 0 unspecified atom stereocenters. The number of aliphatic hydroxyl groups is 1. The average molecular weight is 272 g/mol. The molecular formula is C9H9F5N2O2. The Labute approximate surface area is 98.2 Å². The molecule has 102 valence electrons. The predicted molar refractivity (Wildman–Crippen MR) is 49.7 cm³/mol. The van der Waals surface area contributed by atoms with E-state index in [1.165, 1.54) is 0 Å². The van der Waals surface area contributed by atoms with Crippen LogP contribution in [-0.2, 0) is 13.2 Å². The highest BCUT2D eigenvalue weighted by atomic mass is 19.4. The van der Waals surface area contributed by atoms with Gasteiger partial charge in [-0.05, 0) is 5.56 Å². The van der Waals surface area contributed by atoms with Gasteiger partial charge in [0.25, 0.3) is 6.43 Å². The molecule has 0 saturated carbocycles. The number of halogens is 5.